The minimum Gasteiger partial charge on any atom is -0.350 e. The van der Waals surface area contributed by atoms with Gasteiger partial charge >= 0.3 is 0 Å². The predicted octanol–water partition coefficient (Wildman–Crippen LogP) is 1.55. The second-order valence-electron chi connectivity index (χ2n) is 4.60. The predicted molar refractivity (Wildman–Crippen MR) is 81.2 cm³/mol. The molecular weight excluding hydrogens is 308 g/mol. The number of hydrogen-bond donors (Lipinski definition) is 1. The molecule has 0 spiro atoms. The van der Waals surface area contributed by atoms with Gasteiger partial charge in [-0.05, 0) is 25.1 Å². The van der Waals surface area contributed by atoms with E-state index < -0.39 is 14.9 Å². The van der Waals surface area contributed by atoms with Crippen LogP contribution in [0.2, 0.25) is 0 Å². The van der Waals surface area contributed by atoms with Gasteiger partial charge in [-0.2, -0.15) is 13.5 Å². The Morgan fingerprint density at radius 2 is 2.09 bits per heavy atom. The lowest BCUT2D eigenvalue weighted by atomic mass is 10.2. The Hall–Kier alpha value is -2.68. The highest BCUT2D eigenvalue weighted by Gasteiger charge is 2.19. The van der Waals surface area contributed by atoms with Crippen molar-refractivity contribution in [3.63, 3.8) is 0 Å². The van der Waals surface area contributed by atoms with Crippen molar-refractivity contribution in [1.29, 1.82) is 0 Å². The SMILES string of the molecule is Cc1ccc(S(=O)(=O)N/N=C/c2cccn2C)cc1[N+](=O)[O-]. The third-order valence-corrected chi connectivity index (χ3v) is 4.26. The van der Waals surface area contributed by atoms with Crippen LogP contribution in [0.3, 0.4) is 0 Å². The van der Waals surface area contributed by atoms with E-state index in [0.717, 1.165) is 6.07 Å². The summed E-state index contributed by atoms with van der Waals surface area (Å²) in [6.07, 6.45) is 3.14. The van der Waals surface area contributed by atoms with E-state index in [9.17, 15) is 18.5 Å². The molecule has 0 bridgehead atoms. The first-order chi connectivity index (χ1) is 10.3. The molecule has 0 atom stereocenters. The van der Waals surface area contributed by atoms with Crippen LogP contribution < -0.4 is 4.83 Å². The van der Waals surface area contributed by atoms with Gasteiger partial charge in [0.05, 0.1) is 21.7 Å². The van der Waals surface area contributed by atoms with E-state index >= 15 is 0 Å². The van der Waals surface area contributed by atoms with Crippen molar-refractivity contribution >= 4 is 21.9 Å². The Labute approximate surface area is 127 Å². The summed E-state index contributed by atoms with van der Waals surface area (Å²) >= 11 is 0. The largest absolute Gasteiger partial charge is 0.350 e. The van der Waals surface area contributed by atoms with Crippen molar-refractivity contribution in [1.82, 2.24) is 9.40 Å². The number of hydrazone groups is 1. The Morgan fingerprint density at radius 3 is 2.68 bits per heavy atom. The van der Waals surface area contributed by atoms with Crippen LogP contribution in [-0.2, 0) is 17.1 Å². The van der Waals surface area contributed by atoms with Crippen LogP contribution in [0.25, 0.3) is 0 Å². The van der Waals surface area contributed by atoms with Crippen molar-refractivity contribution in [2.24, 2.45) is 12.1 Å². The Bertz CT molecular complexity index is 839. The van der Waals surface area contributed by atoms with Crippen LogP contribution in [0.5, 0.6) is 0 Å². The smallest absolute Gasteiger partial charge is 0.276 e. The molecule has 1 heterocycles. The topological polar surface area (TPSA) is 107 Å². The van der Waals surface area contributed by atoms with Crippen molar-refractivity contribution in [3.8, 4) is 0 Å². The van der Waals surface area contributed by atoms with Gasteiger partial charge in [-0.25, -0.2) is 4.83 Å². The molecule has 2 rings (SSSR count). The van der Waals surface area contributed by atoms with E-state index in [4.69, 9.17) is 0 Å². The number of aromatic nitrogens is 1. The first kappa shape index (κ1) is 15.7. The van der Waals surface area contributed by atoms with Crippen molar-refractivity contribution in [2.45, 2.75) is 11.8 Å². The molecule has 1 aromatic carbocycles. The molecule has 0 radical (unpaired) electrons. The van der Waals surface area contributed by atoms with Crippen LogP contribution >= 0.6 is 0 Å². The zero-order valence-corrected chi connectivity index (χ0v) is 12.7. The zero-order chi connectivity index (χ0) is 16.3. The monoisotopic (exact) mass is 322 g/mol. The second-order valence-corrected chi connectivity index (χ2v) is 6.26. The molecule has 9 heteroatoms. The Balaban J connectivity index is 2.24. The highest BCUT2D eigenvalue weighted by molar-refractivity contribution is 7.89. The molecule has 0 aliphatic rings. The lowest BCUT2D eigenvalue weighted by Crippen LogP contribution is -2.18. The van der Waals surface area contributed by atoms with Crippen molar-refractivity contribution < 1.29 is 13.3 Å². The fourth-order valence-corrected chi connectivity index (χ4v) is 2.59. The number of hydrogen-bond acceptors (Lipinski definition) is 5. The number of nitrogens with zero attached hydrogens (tertiary/aromatic N) is 3. The molecule has 0 saturated carbocycles. The maximum atomic E-state index is 12.1. The molecule has 0 aliphatic carbocycles. The highest BCUT2D eigenvalue weighted by atomic mass is 32.2. The summed E-state index contributed by atoms with van der Waals surface area (Å²) in [5.74, 6) is 0. The summed E-state index contributed by atoms with van der Waals surface area (Å²) in [6, 6.07) is 7.24. The molecular formula is C13H14N4O4S. The molecule has 8 nitrogen and oxygen atoms in total. The van der Waals surface area contributed by atoms with Gasteiger partial charge in [0.15, 0.2) is 0 Å². The molecule has 116 valence electrons. The van der Waals surface area contributed by atoms with Gasteiger partial charge < -0.3 is 4.57 Å². The fourth-order valence-electron chi connectivity index (χ4n) is 1.78. The molecule has 1 aromatic heterocycles. The van der Waals surface area contributed by atoms with Crippen LogP contribution in [0.1, 0.15) is 11.3 Å². The second kappa shape index (κ2) is 5.98. The van der Waals surface area contributed by atoms with Crippen molar-refractivity contribution in [3.05, 3.63) is 57.9 Å². The Kier molecular flexibility index (Phi) is 4.27. The van der Waals surface area contributed by atoms with Gasteiger partial charge in [-0.15, -0.1) is 0 Å². The third-order valence-electron chi connectivity index (χ3n) is 3.04. The number of nitro benzene ring substituents is 1. The molecule has 0 amide bonds. The number of sulfonamides is 1. The maximum Gasteiger partial charge on any atom is 0.276 e. The molecule has 0 fully saturated rings. The van der Waals surface area contributed by atoms with Crippen LogP contribution in [0.4, 0.5) is 5.69 Å². The minimum absolute atomic E-state index is 0.214. The van der Waals surface area contributed by atoms with Gasteiger partial charge in [0, 0.05) is 24.9 Å². The number of nitro groups is 1. The summed E-state index contributed by atoms with van der Waals surface area (Å²) in [5.41, 5.74) is 0.836. The van der Waals surface area contributed by atoms with Crippen LogP contribution in [0.15, 0.2) is 46.5 Å². The normalized spacial score (nSPS) is 11.7. The number of benzene rings is 1. The summed E-state index contributed by atoms with van der Waals surface area (Å²) < 4.78 is 25.9. The molecule has 2 aromatic rings. The third kappa shape index (κ3) is 3.31. The summed E-state index contributed by atoms with van der Waals surface area (Å²) in [5, 5.41) is 14.5. The number of nitrogens with one attached hydrogen (secondary N) is 1. The average molecular weight is 322 g/mol. The first-order valence-electron chi connectivity index (χ1n) is 6.22. The summed E-state index contributed by atoms with van der Waals surface area (Å²) in [4.78, 5) is 12.1. The lowest BCUT2D eigenvalue weighted by molar-refractivity contribution is -0.385. The van der Waals surface area contributed by atoms with E-state index in [1.165, 1.54) is 25.3 Å². The quantitative estimate of drug-likeness (QED) is 0.512. The van der Waals surface area contributed by atoms with Gasteiger partial charge in [0.25, 0.3) is 15.7 Å². The lowest BCUT2D eigenvalue weighted by Gasteiger charge is -2.04. The summed E-state index contributed by atoms with van der Waals surface area (Å²) in [6.45, 7) is 1.54. The van der Waals surface area contributed by atoms with Crippen LogP contribution in [-0.4, -0.2) is 24.1 Å². The maximum absolute atomic E-state index is 12.1. The molecule has 0 aliphatic heterocycles. The van der Waals surface area contributed by atoms with E-state index in [2.05, 4.69) is 5.10 Å². The van der Waals surface area contributed by atoms with Gasteiger partial charge in [0.2, 0.25) is 0 Å². The van der Waals surface area contributed by atoms with Gasteiger partial charge in [0.1, 0.15) is 0 Å². The van der Waals surface area contributed by atoms with Crippen LogP contribution in [0, 0.1) is 17.0 Å². The first-order valence-corrected chi connectivity index (χ1v) is 7.71. The highest BCUT2D eigenvalue weighted by Crippen LogP contribution is 2.21. The molecule has 22 heavy (non-hydrogen) atoms. The number of rotatable bonds is 5. The van der Waals surface area contributed by atoms with E-state index in [1.54, 1.807) is 29.9 Å². The number of aryl methyl sites for hydroxylation is 2. The van der Waals surface area contributed by atoms with Gasteiger partial charge in [-0.3, -0.25) is 10.1 Å². The molecule has 0 saturated heterocycles. The van der Waals surface area contributed by atoms with E-state index in [1.807, 2.05) is 4.83 Å². The standard InChI is InChI=1S/C13H14N4O4S/c1-10-5-6-12(8-13(10)17(18)19)22(20,21)15-14-9-11-4-3-7-16(11)2/h3-9,15H,1-2H3/b14-9+. The van der Waals surface area contributed by atoms with Gasteiger partial charge in [-0.1, -0.05) is 6.07 Å². The fraction of sp³-hybridized carbons (Fsp3) is 0.154. The minimum atomic E-state index is -3.96. The Morgan fingerprint density at radius 1 is 1.36 bits per heavy atom. The molecule has 1 N–H and O–H groups in total. The average Bonchev–Trinajstić information content (AvgIpc) is 2.84. The van der Waals surface area contributed by atoms with E-state index in [0.29, 0.717) is 11.3 Å². The zero-order valence-electron chi connectivity index (χ0n) is 11.9. The summed E-state index contributed by atoms with van der Waals surface area (Å²) in [7, 11) is -2.17. The molecule has 0 unspecified atom stereocenters. The van der Waals surface area contributed by atoms with E-state index in [-0.39, 0.29) is 10.6 Å². The van der Waals surface area contributed by atoms with Crippen molar-refractivity contribution in [2.75, 3.05) is 0 Å².